The van der Waals surface area contributed by atoms with Gasteiger partial charge in [0, 0.05) is 6.85 Å². The van der Waals surface area contributed by atoms with Crippen molar-refractivity contribution in [2.75, 3.05) is 0 Å². The third-order valence-corrected chi connectivity index (χ3v) is 1.53. The topological polar surface area (TPSA) is 64.2 Å². The summed E-state index contributed by atoms with van der Waals surface area (Å²) in [6, 6.07) is 4.98. The second kappa shape index (κ2) is 4.08. The lowest BCUT2D eigenvalue weighted by Gasteiger charge is -2.03. The number of nitriles is 1. The molecule has 0 saturated carbocycles. The Morgan fingerprint density at radius 3 is 2.92 bits per heavy atom. The van der Waals surface area contributed by atoms with Gasteiger partial charge in [-0.05, 0) is 29.5 Å². The number of hydrogen-bond donors (Lipinski definition) is 2. The molecular weight excluding hydrogens is 165 g/mol. The van der Waals surface area contributed by atoms with Crippen molar-refractivity contribution in [2.24, 2.45) is 0 Å². The number of benzene rings is 1. The highest BCUT2D eigenvalue weighted by Crippen LogP contribution is 2.03. The SMILES string of the molecule is [2H]C([2H])([2H])C([2H])([2H])c1cc(C#N)cc(B(O)O)c1. The van der Waals surface area contributed by atoms with Crippen molar-refractivity contribution in [1.29, 1.82) is 5.26 Å². The molecule has 3 nitrogen and oxygen atoms in total. The van der Waals surface area contributed by atoms with Gasteiger partial charge in [0.15, 0.2) is 0 Å². The van der Waals surface area contributed by atoms with Gasteiger partial charge in [-0.2, -0.15) is 5.26 Å². The minimum atomic E-state index is -2.92. The van der Waals surface area contributed by atoms with Crippen LogP contribution in [0, 0.1) is 11.3 Å². The average Bonchev–Trinajstić information content (AvgIpc) is 2.26. The van der Waals surface area contributed by atoms with Crippen molar-refractivity contribution in [1.82, 2.24) is 0 Å². The maximum absolute atomic E-state index is 9.02. The summed E-state index contributed by atoms with van der Waals surface area (Å²) in [4.78, 5) is 0. The van der Waals surface area contributed by atoms with Gasteiger partial charge in [0.25, 0.3) is 0 Å². The molecule has 0 amide bonds. The average molecular weight is 180 g/mol. The predicted octanol–water partition coefficient (Wildman–Crippen LogP) is -0.200. The van der Waals surface area contributed by atoms with E-state index in [1.54, 1.807) is 6.07 Å². The summed E-state index contributed by atoms with van der Waals surface area (Å²) in [5.41, 5.74) is -0.453. The molecule has 0 atom stereocenters. The van der Waals surface area contributed by atoms with Crippen LogP contribution in [0.1, 0.15) is 24.8 Å². The molecule has 0 spiro atoms. The first-order chi connectivity index (χ1) is 8.09. The third kappa shape index (κ3) is 2.31. The van der Waals surface area contributed by atoms with Crippen LogP contribution in [0.15, 0.2) is 18.2 Å². The smallest absolute Gasteiger partial charge is 0.423 e. The van der Waals surface area contributed by atoms with E-state index >= 15 is 0 Å². The van der Waals surface area contributed by atoms with E-state index < -0.39 is 20.3 Å². The number of hydrogen-bond acceptors (Lipinski definition) is 3. The molecule has 0 radical (unpaired) electrons. The van der Waals surface area contributed by atoms with Crippen molar-refractivity contribution in [3.8, 4) is 6.07 Å². The monoisotopic (exact) mass is 180 g/mol. The van der Waals surface area contributed by atoms with Crippen molar-refractivity contribution in [2.45, 2.75) is 13.2 Å². The van der Waals surface area contributed by atoms with Gasteiger partial charge in [-0.3, -0.25) is 0 Å². The minimum Gasteiger partial charge on any atom is -0.423 e. The summed E-state index contributed by atoms with van der Waals surface area (Å²) in [7, 11) is -1.90. The molecule has 4 heteroatoms. The van der Waals surface area contributed by atoms with Crippen LogP contribution in [-0.2, 0) is 6.37 Å². The second-order valence-electron chi connectivity index (χ2n) is 2.45. The zero-order chi connectivity index (χ0) is 14.1. The van der Waals surface area contributed by atoms with E-state index in [0.29, 0.717) is 0 Å². The Labute approximate surface area is 84.4 Å². The van der Waals surface area contributed by atoms with E-state index in [0.717, 1.165) is 18.2 Å². The summed E-state index contributed by atoms with van der Waals surface area (Å²) < 4.78 is 36.5. The molecule has 1 aromatic carbocycles. The molecule has 0 saturated heterocycles. The zero-order valence-electron chi connectivity index (χ0n) is 11.7. The fourth-order valence-electron chi connectivity index (χ4n) is 0.937. The largest absolute Gasteiger partial charge is 0.488 e. The van der Waals surface area contributed by atoms with Gasteiger partial charge >= 0.3 is 7.12 Å². The Hall–Kier alpha value is -1.31. The number of aryl methyl sites for hydroxylation is 1. The van der Waals surface area contributed by atoms with Crippen molar-refractivity contribution < 1.29 is 16.9 Å². The quantitative estimate of drug-likeness (QED) is 0.619. The van der Waals surface area contributed by atoms with Crippen LogP contribution in [0.5, 0.6) is 0 Å². The second-order valence-corrected chi connectivity index (χ2v) is 2.45. The lowest BCUT2D eigenvalue weighted by Crippen LogP contribution is -2.30. The predicted molar refractivity (Wildman–Crippen MR) is 50.4 cm³/mol. The molecule has 0 aliphatic rings. The molecule has 0 heterocycles. The van der Waals surface area contributed by atoms with Gasteiger partial charge in [0.2, 0.25) is 0 Å². The molecule has 1 rings (SSSR count). The fourth-order valence-corrected chi connectivity index (χ4v) is 0.937. The Kier molecular flexibility index (Phi) is 1.51. The van der Waals surface area contributed by atoms with Gasteiger partial charge in [-0.1, -0.05) is 12.9 Å². The molecule has 0 aliphatic heterocycles. The molecule has 66 valence electrons. The van der Waals surface area contributed by atoms with Crippen molar-refractivity contribution in [3.63, 3.8) is 0 Å². The Balaban J connectivity index is 3.42. The van der Waals surface area contributed by atoms with Gasteiger partial charge in [0.05, 0.1) is 11.6 Å². The van der Waals surface area contributed by atoms with E-state index in [1.807, 2.05) is 0 Å². The van der Waals surface area contributed by atoms with E-state index in [2.05, 4.69) is 0 Å². The highest BCUT2D eigenvalue weighted by atomic mass is 16.4. The molecular formula is C9H10BNO2. The van der Waals surface area contributed by atoms with E-state index in [-0.39, 0.29) is 16.6 Å². The minimum absolute atomic E-state index is 0.0382. The number of nitrogens with zero attached hydrogens (tertiary/aromatic N) is 1. The third-order valence-electron chi connectivity index (χ3n) is 1.53. The summed E-state index contributed by atoms with van der Waals surface area (Å²) in [5, 5.41) is 26.8. The lowest BCUT2D eigenvalue weighted by atomic mass is 9.78. The number of rotatable bonds is 2. The maximum atomic E-state index is 9.02. The van der Waals surface area contributed by atoms with Crippen LogP contribution in [0.25, 0.3) is 0 Å². The molecule has 1 aromatic rings. The summed E-state index contributed by atoms with van der Waals surface area (Å²) in [5.74, 6) is 0. The molecule has 0 fully saturated rings. The Bertz CT molecular complexity index is 495. The molecule has 0 unspecified atom stereocenters. The normalized spacial score (nSPS) is 17.2. The van der Waals surface area contributed by atoms with Gasteiger partial charge in [-0.15, -0.1) is 0 Å². The van der Waals surface area contributed by atoms with E-state index in [9.17, 15) is 0 Å². The van der Waals surface area contributed by atoms with Crippen molar-refractivity contribution in [3.05, 3.63) is 29.3 Å². The summed E-state index contributed by atoms with van der Waals surface area (Å²) in [6.07, 6.45) is -2.68. The van der Waals surface area contributed by atoms with Crippen LogP contribution in [-0.4, -0.2) is 17.2 Å². The lowest BCUT2D eigenvalue weighted by molar-refractivity contribution is 0.425. The first kappa shape index (κ1) is 4.80. The van der Waals surface area contributed by atoms with Crippen LogP contribution in [0.2, 0.25) is 0 Å². The summed E-state index contributed by atoms with van der Waals surface area (Å²) >= 11 is 0. The molecule has 13 heavy (non-hydrogen) atoms. The van der Waals surface area contributed by atoms with E-state index in [1.165, 1.54) is 0 Å². The van der Waals surface area contributed by atoms with Gasteiger partial charge in [-0.25, -0.2) is 0 Å². The van der Waals surface area contributed by atoms with Crippen molar-refractivity contribution >= 4 is 12.6 Å². The first-order valence-corrected chi connectivity index (χ1v) is 3.51. The molecule has 0 aromatic heterocycles. The molecule has 0 aliphatic carbocycles. The van der Waals surface area contributed by atoms with Gasteiger partial charge in [0.1, 0.15) is 0 Å². The van der Waals surface area contributed by atoms with Crippen LogP contribution < -0.4 is 5.46 Å². The van der Waals surface area contributed by atoms with E-state index in [4.69, 9.17) is 22.2 Å². The standard InChI is InChI=1S/C9H10BNO2/c1-2-7-3-8(6-11)5-9(4-7)10(12)13/h3-5,12-13H,2H2,1H3/i1D3,2D2. The van der Waals surface area contributed by atoms with Crippen LogP contribution >= 0.6 is 0 Å². The Morgan fingerprint density at radius 1 is 1.62 bits per heavy atom. The van der Waals surface area contributed by atoms with Crippen LogP contribution in [0.4, 0.5) is 0 Å². The first-order valence-electron chi connectivity index (χ1n) is 6.01. The van der Waals surface area contributed by atoms with Gasteiger partial charge < -0.3 is 10.0 Å². The van der Waals surface area contributed by atoms with Crippen LogP contribution in [0.3, 0.4) is 0 Å². The zero-order valence-corrected chi connectivity index (χ0v) is 6.65. The highest BCUT2D eigenvalue weighted by Gasteiger charge is 2.12. The highest BCUT2D eigenvalue weighted by molar-refractivity contribution is 6.58. The summed E-state index contributed by atoms with van der Waals surface area (Å²) in [6.45, 7) is -2.92. The fraction of sp³-hybridized carbons (Fsp3) is 0.222. The molecule has 0 bridgehead atoms. The Morgan fingerprint density at radius 2 is 2.38 bits per heavy atom. The molecule has 2 N–H and O–H groups in total. The maximum Gasteiger partial charge on any atom is 0.488 e.